The molecule has 0 radical (unpaired) electrons. The minimum atomic E-state index is -1.44. The number of fused-ring (bicyclic) bond motifs is 1. The van der Waals surface area contributed by atoms with Crippen LogP contribution in [0, 0.1) is 5.92 Å². The summed E-state index contributed by atoms with van der Waals surface area (Å²) in [6.45, 7) is 8.01. The van der Waals surface area contributed by atoms with Crippen LogP contribution >= 0.6 is 11.3 Å². The predicted molar refractivity (Wildman–Crippen MR) is 196 cm³/mol. The zero-order valence-corrected chi connectivity index (χ0v) is 32.3. The quantitative estimate of drug-likeness (QED) is 0.119. The fourth-order valence-corrected chi connectivity index (χ4v) is 7.12. The maximum absolute atomic E-state index is 13.5. The molecule has 15 nitrogen and oxygen atoms in total. The molecule has 292 valence electrons. The van der Waals surface area contributed by atoms with Crippen LogP contribution < -0.4 is 9.64 Å². The van der Waals surface area contributed by atoms with E-state index in [4.69, 9.17) is 33.2 Å². The number of hydrogen-bond acceptors (Lipinski definition) is 15. The van der Waals surface area contributed by atoms with Crippen molar-refractivity contribution in [3.05, 3.63) is 59.5 Å². The predicted octanol–water partition coefficient (Wildman–Crippen LogP) is 4.66. The van der Waals surface area contributed by atoms with Crippen LogP contribution in [0.5, 0.6) is 5.75 Å². The first-order valence-corrected chi connectivity index (χ1v) is 18.0. The summed E-state index contributed by atoms with van der Waals surface area (Å²) in [5.41, 5.74) is 0.317. The summed E-state index contributed by atoms with van der Waals surface area (Å²) in [6.07, 6.45) is -6.69. The number of rotatable bonds is 15. The number of nitrogens with zero attached hydrogens (tertiary/aromatic N) is 2. The Balaban J connectivity index is 1.59. The van der Waals surface area contributed by atoms with Crippen molar-refractivity contribution >= 4 is 63.4 Å². The molecule has 1 aromatic heterocycles. The van der Waals surface area contributed by atoms with E-state index in [9.17, 15) is 28.8 Å². The molecule has 1 fully saturated rings. The number of carbonyl (C=O) groups is 6. The molecule has 2 aromatic carbocycles. The van der Waals surface area contributed by atoms with Crippen LogP contribution in [0.1, 0.15) is 47.1 Å². The maximum atomic E-state index is 13.5. The van der Waals surface area contributed by atoms with Gasteiger partial charge in [-0.15, -0.1) is 11.3 Å². The van der Waals surface area contributed by atoms with Crippen molar-refractivity contribution in [3.63, 3.8) is 0 Å². The topological polar surface area (TPSA) is 174 Å². The third-order valence-corrected chi connectivity index (χ3v) is 9.98. The minimum absolute atomic E-state index is 0.138. The summed E-state index contributed by atoms with van der Waals surface area (Å²) >= 11 is 1.35. The highest BCUT2D eigenvalue weighted by Gasteiger charge is 2.53. The van der Waals surface area contributed by atoms with E-state index in [-0.39, 0.29) is 24.8 Å². The number of hydrogen-bond donors (Lipinski definition) is 0. The zero-order valence-electron chi connectivity index (χ0n) is 31.5. The second-order valence-corrected chi connectivity index (χ2v) is 14.1. The van der Waals surface area contributed by atoms with Crippen LogP contribution in [-0.4, -0.2) is 105 Å². The van der Waals surface area contributed by atoms with E-state index in [0.29, 0.717) is 15.6 Å². The number of aldehydes is 1. The van der Waals surface area contributed by atoms with Crippen molar-refractivity contribution in [3.8, 4) is 5.75 Å². The lowest BCUT2D eigenvalue weighted by Gasteiger charge is -2.44. The Bertz CT molecular complexity index is 1810. The van der Waals surface area contributed by atoms with Crippen molar-refractivity contribution in [1.29, 1.82) is 0 Å². The lowest BCUT2D eigenvalue weighted by Crippen LogP contribution is -2.63. The van der Waals surface area contributed by atoms with Gasteiger partial charge in [-0.25, -0.2) is 4.79 Å². The number of amides is 1. The number of thiophene rings is 1. The van der Waals surface area contributed by atoms with Gasteiger partial charge in [-0.1, -0.05) is 38.1 Å². The normalized spacial score (nSPS) is 20.6. The highest BCUT2D eigenvalue weighted by atomic mass is 32.1. The summed E-state index contributed by atoms with van der Waals surface area (Å²) < 4.78 is 40.5. The van der Waals surface area contributed by atoms with E-state index in [1.54, 1.807) is 30.6 Å². The van der Waals surface area contributed by atoms with E-state index < -0.39 is 72.8 Å². The van der Waals surface area contributed by atoms with Crippen molar-refractivity contribution in [2.45, 2.75) is 84.4 Å². The molecule has 16 heteroatoms. The molecular weight excluding hydrogens is 724 g/mol. The summed E-state index contributed by atoms with van der Waals surface area (Å²) in [5, 5.41) is 2.39. The van der Waals surface area contributed by atoms with Gasteiger partial charge in [-0.05, 0) is 35.6 Å². The molecule has 1 amide bonds. The largest absolute Gasteiger partial charge is 0.463 e. The van der Waals surface area contributed by atoms with Gasteiger partial charge in [0.15, 0.2) is 12.2 Å². The lowest BCUT2D eigenvalue weighted by molar-refractivity contribution is -0.288. The van der Waals surface area contributed by atoms with Crippen LogP contribution in [0.25, 0.3) is 10.1 Å². The van der Waals surface area contributed by atoms with Gasteiger partial charge < -0.3 is 42.9 Å². The fourth-order valence-electron chi connectivity index (χ4n) is 6.21. The van der Waals surface area contributed by atoms with Crippen molar-refractivity contribution < 1.29 is 61.9 Å². The number of carbonyl (C=O) groups excluding carboxylic acids is 6. The van der Waals surface area contributed by atoms with Gasteiger partial charge >= 0.3 is 30.0 Å². The Labute approximate surface area is 317 Å². The number of ether oxygens (including phenoxy) is 7. The Morgan fingerprint density at radius 3 is 2.06 bits per heavy atom. The average molecular weight is 771 g/mol. The van der Waals surface area contributed by atoms with E-state index in [2.05, 4.69) is 0 Å². The van der Waals surface area contributed by atoms with E-state index in [1.807, 2.05) is 56.1 Å². The SMILES string of the molecule is CC(=O)OC[C@H]1O[C@@H](Oc2ccc(COC(=O)N(C)C(C=O)(CN(C)c3ccccc3)C(C)C)c3sccc23)[C@H](OC(C)=O)[C@@H](OC(C)=O)[C@H]1OC(C)=O. The molecule has 4 rings (SSSR count). The van der Waals surface area contributed by atoms with Gasteiger partial charge in [-0.3, -0.25) is 24.1 Å². The molecule has 1 unspecified atom stereocenters. The van der Waals surface area contributed by atoms with Crippen LogP contribution in [-0.2, 0) is 59.0 Å². The van der Waals surface area contributed by atoms with Crippen LogP contribution in [0.2, 0.25) is 0 Å². The molecule has 1 aliphatic rings. The number of anilines is 1. The second kappa shape index (κ2) is 18.2. The zero-order chi connectivity index (χ0) is 39.7. The molecule has 0 aliphatic carbocycles. The van der Waals surface area contributed by atoms with Gasteiger partial charge in [-0.2, -0.15) is 0 Å². The molecule has 0 saturated carbocycles. The summed E-state index contributed by atoms with van der Waals surface area (Å²) in [4.78, 5) is 77.8. The molecule has 54 heavy (non-hydrogen) atoms. The average Bonchev–Trinajstić information content (AvgIpc) is 3.62. The summed E-state index contributed by atoms with van der Waals surface area (Å²) in [6, 6.07) is 14.6. The highest BCUT2D eigenvalue weighted by Crippen LogP contribution is 2.37. The van der Waals surface area contributed by atoms with Gasteiger partial charge in [0.1, 0.15) is 36.9 Å². The Kier molecular flexibility index (Phi) is 14.0. The van der Waals surface area contributed by atoms with Gasteiger partial charge in [0.25, 0.3) is 0 Å². The first kappa shape index (κ1) is 41.5. The molecule has 2 heterocycles. The lowest BCUT2D eigenvalue weighted by atomic mass is 9.85. The van der Waals surface area contributed by atoms with Crippen molar-refractivity contribution in [2.75, 3.05) is 32.1 Å². The minimum Gasteiger partial charge on any atom is -0.463 e. The Morgan fingerprint density at radius 2 is 1.46 bits per heavy atom. The highest BCUT2D eigenvalue weighted by molar-refractivity contribution is 7.17. The van der Waals surface area contributed by atoms with Crippen molar-refractivity contribution in [1.82, 2.24) is 4.90 Å². The van der Waals surface area contributed by atoms with E-state index >= 15 is 0 Å². The summed E-state index contributed by atoms with van der Waals surface area (Å²) in [5.74, 6) is -2.92. The van der Waals surface area contributed by atoms with Crippen LogP contribution in [0.3, 0.4) is 0 Å². The first-order valence-electron chi connectivity index (χ1n) is 17.2. The van der Waals surface area contributed by atoms with E-state index in [0.717, 1.165) is 32.7 Å². The second-order valence-electron chi connectivity index (χ2n) is 13.1. The molecule has 0 spiro atoms. The van der Waals surface area contributed by atoms with Gasteiger partial charge in [0.05, 0.1) is 0 Å². The number of benzene rings is 2. The van der Waals surface area contributed by atoms with Crippen LogP contribution in [0.15, 0.2) is 53.9 Å². The molecule has 1 saturated heterocycles. The molecule has 1 aliphatic heterocycles. The third kappa shape index (κ3) is 9.85. The smallest absolute Gasteiger partial charge is 0.410 e. The summed E-state index contributed by atoms with van der Waals surface area (Å²) in [7, 11) is 3.40. The van der Waals surface area contributed by atoms with Crippen LogP contribution in [0.4, 0.5) is 10.5 Å². The van der Waals surface area contributed by atoms with E-state index in [1.165, 1.54) is 23.2 Å². The van der Waals surface area contributed by atoms with Gasteiger partial charge in [0.2, 0.25) is 12.4 Å². The maximum Gasteiger partial charge on any atom is 0.410 e. The monoisotopic (exact) mass is 770 g/mol. The van der Waals surface area contributed by atoms with Gasteiger partial charge in [0, 0.05) is 69.7 Å². The number of likely N-dealkylation sites (N-methyl/N-ethyl adjacent to an activating group) is 2. The first-order chi connectivity index (χ1) is 25.6. The molecular formula is C38H46N2O13S. The number of para-hydroxylation sites is 1. The fraction of sp³-hybridized carbons (Fsp3) is 0.474. The molecule has 0 bridgehead atoms. The Morgan fingerprint density at radius 1 is 0.833 bits per heavy atom. The molecule has 6 atom stereocenters. The molecule has 3 aromatic rings. The standard InChI is InChI=1S/C38H46N2O13S/c1-22(2)38(21-41,20-39(7)28-12-10-9-11-13-28)40(8)37(46)48-18-27-14-15-30(29-16-17-54-35(27)29)52-36-34(51-26(6)45)33(50-25(5)44)32(49-24(4)43)31(53-36)19-47-23(3)42/h9-17,21-22,31-34,36H,18-20H2,1-8H3/t31-,32+,33+,34-,36-,38?/m1/s1. The third-order valence-electron chi connectivity index (χ3n) is 8.99. The Hall–Kier alpha value is -5.22. The molecule has 0 N–H and O–H groups in total. The number of esters is 4. The van der Waals surface area contributed by atoms with Crippen molar-refractivity contribution in [2.24, 2.45) is 5.92 Å².